The molecule has 4 heteroatoms. The molecule has 176 valence electrons. The minimum atomic E-state index is -1.70. The third-order valence-electron chi connectivity index (χ3n) is 9.43. The van der Waals surface area contributed by atoms with Crippen LogP contribution in [0.4, 0.5) is 0 Å². The molecule has 0 aliphatic heterocycles. The Bertz CT molecular complexity index is 636. The van der Waals surface area contributed by atoms with Gasteiger partial charge >= 0.3 is 0 Å². The highest BCUT2D eigenvalue weighted by Gasteiger charge is 2.48. The highest BCUT2D eigenvalue weighted by molar-refractivity contribution is 6.74. The second-order valence-electron chi connectivity index (χ2n) is 13.6. The summed E-state index contributed by atoms with van der Waals surface area (Å²) in [5.74, 6) is 1.38. The molecule has 0 amide bonds. The predicted molar refractivity (Wildman–Crippen MR) is 137 cm³/mol. The number of rotatable bonds is 7. The van der Waals surface area contributed by atoms with E-state index >= 15 is 0 Å². The molecule has 0 bridgehead atoms. The molecule has 2 aliphatic carbocycles. The van der Waals surface area contributed by atoms with Crippen LogP contribution in [0.5, 0.6) is 0 Å². The van der Waals surface area contributed by atoms with E-state index < -0.39 is 16.6 Å². The van der Waals surface area contributed by atoms with Crippen LogP contribution in [-0.2, 0) is 8.85 Å². The van der Waals surface area contributed by atoms with Crippen LogP contribution in [0.25, 0.3) is 0 Å². The van der Waals surface area contributed by atoms with Crippen molar-refractivity contribution >= 4 is 16.6 Å². The number of allylic oxidation sites excluding steroid dienone is 1. The maximum Gasteiger partial charge on any atom is 0.192 e. The second-order valence-corrected chi connectivity index (χ2v) is 23.2. The first kappa shape index (κ1) is 26.3. The van der Waals surface area contributed by atoms with E-state index in [1.807, 2.05) is 0 Å². The van der Waals surface area contributed by atoms with Gasteiger partial charge in [0, 0.05) is 6.61 Å². The van der Waals surface area contributed by atoms with Crippen LogP contribution in [0.2, 0.25) is 36.3 Å². The Balaban J connectivity index is 2.12. The zero-order valence-corrected chi connectivity index (χ0v) is 24.4. The van der Waals surface area contributed by atoms with E-state index in [1.54, 1.807) is 11.1 Å². The van der Waals surface area contributed by atoms with Crippen molar-refractivity contribution in [1.82, 2.24) is 0 Å². The quantitative estimate of drug-likeness (QED) is 0.284. The Hall–Kier alpha value is 0.0938. The summed E-state index contributed by atoms with van der Waals surface area (Å²) in [7, 11) is -3.38. The third-order valence-corrected chi connectivity index (χ3v) is 18.4. The summed E-state index contributed by atoms with van der Waals surface area (Å²) >= 11 is 0. The lowest BCUT2D eigenvalue weighted by molar-refractivity contribution is 0.118. The van der Waals surface area contributed by atoms with Crippen molar-refractivity contribution in [3.63, 3.8) is 0 Å². The summed E-state index contributed by atoms with van der Waals surface area (Å²) in [6, 6.07) is 0. The van der Waals surface area contributed by atoms with Gasteiger partial charge in [0.25, 0.3) is 0 Å². The second kappa shape index (κ2) is 8.80. The summed E-state index contributed by atoms with van der Waals surface area (Å²) in [5, 5.41) is 0.570. The fourth-order valence-electron chi connectivity index (χ4n) is 5.09. The standard InChI is InChI=1S/C26H52O2Si2/c1-20(18-27-29(9,10)24(2,3)4)22-15-16-23-21(14-13-17-26(22,23)8)19-28-30(11,12)25(5,6)7/h20,22H,13-19H2,1-12H3/t20-,22?,26-/m1/s1. The van der Waals surface area contributed by atoms with Crippen molar-refractivity contribution in [2.45, 2.75) is 124 Å². The summed E-state index contributed by atoms with van der Waals surface area (Å²) in [4.78, 5) is 0. The van der Waals surface area contributed by atoms with Crippen LogP contribution in [0, 0.1) is 17.3 Å². The van der Waals surface area contributed by atoms with Crippen LogP contribution < -0.4 is 0 Å². The third kappa shape index (κ3) is 5.35. The van der Waals surface area contributed by atoms with E-state index in [2.05, 4.69) is 81.6 Å². The van der Waals surface area contributed by atoms with E-state index in [0.717, 1.165) is 19.1 Å². The molecule has 0 radical (unpaired) electrons. The van der Waals surface area contributed by atoms with Gasteiger partial charge < -0.3 is 8.85 Å². The van der Waals surface area contributed by atoms with Gasteiger partial charge in [0.15, 0.2) is 16.6 Å². The molecule has 1 unspecified atom stereocenters. The lowest BCUT2D eigenvalue weighted by Crippen LogP contribution is -2.43. The van der Waals surface area contributed by atoms with Crippen molar-refractivity contribution in [3.05, 3.63) is 11.1 Å². The molecular weight excluding hydrogens is 400 g/mol. The Labute approximate surface area is 190 Å². The molecule has 0 spiro atoms. The lowest BCUT2D eigenvalue weighted by atomic mass is 9.65. The summed E-state index contributed by atoms with van der Waals surface area (Å²) in [5.41, 5.74) is 3.77. The van der Waals surface area contributed by atoms with Crippen molar-refractivity contribution in [3.8, 4) is 0 Å². The fourth-order valence-corrected chi connectivity index (χ4v) is 7.17. The zero-order valence-electron chi connectivity index (χ0n) is 22.4. The minimum absolute atomic E-state index is 0.282. The van der Waals surface area contributed by atoms with Crippen LogP contribution in [-0.4, -0.2) is 29.8 Å². The van der Waals surface area contributed by atoms with Crippen molar-refractivity contribution in [1.29, 1.82) is 0 Å². The molecule has 1 saturated carbocycles. The highest BCUT2D eigenvalue weighted by atomic mass is 28.4. The van der Waals surface area contributed by atoms with E-state index in [0.29, 0.717) is 11.3 Å². The van der Waals surface area contributed by atoms with Gasteiger partial charge in [-0.15, -0.1) is 0 Å². The number of fused-ring (bicyclic) bond motifs is 1. The van der Waals surface area contributed by atoms with Gasteiger partial charge in [-0.05, 0) is 91.2 Å². The Kier molecular flexibility index (Phi) is 7.72. The first-order valence-corrected chi connectivity index (χ1v) is 18.2. The molecule has 30 heavy (non-hydrogen) atoms. The normalized spacial score (nSPS) is 27.4. The van der Waals surface area contributed by atoms with Crippen LogP contribution in [0.15, 0.2) is 11.1 Å². The zero-order chi connectivity index (χ0) is 23.2. The van der Waals surface area contributed by atoms with Gasteiger partial charge in [0.1, 0.15) is 0 Å². The molecule has 3 atom stereocenters. The summed E-state index contributed by atoms with van der Waals surface area (Å²) in [6.45, 7) is 30.4. The van der Waals surface area contributed by atoms with Crippen molar-refractivity contribution in [2.75, 3.05) is 13.2 Å². The molecule has 0 aromatic carbocycles. The van der Waals surface area contributed by atoms with Crippen LogP contribution in [0.3, 0.4) is 0 Å². The molecule has 0 aromatic rings. The van der Waals surface area contributed by atoms with E-state index in [9.17, 15) is 0 Å². The first-order valence-electron chi connectivity index (χ1n) is 12.4. The highest BCUT2D eigenvalue weighted by Crippen LogP contribution is 2.57. The number of hydrogen-bond donors (Lipinski definition) is 0. The molecule has 2 nitrogen and oxygen atoms in total. The number of hydrogen-bond acceptors (Lipinski definition) is 2. The van der Waals surface area contributed by atoms with Crippen LogP contribution >= 0.6 is 0 Å². The molecule has 0 saturated heterocycles. The monoisotopic (exact) mass is 452 g/mol. The van der Waals surface area contributed by atoms with E-state index in [-0.39, 0.29) is 10.1 Å². The Morgan fingerprint density at radius 2 is 1.47 bits per heavy atom. The van der Waals surface area contributed by atoms with Gasteiger partial charge in [0.05, 0.1) is 6.61 Å². The molecule has 0 N–H and O–H groups in total. The molecule has 2 aliphatic rings. The molecule has 0 aromatic heterocycles. The average Bonchev–Trinajstić information content (AvgIpc) is 2.93. The fraction of sp³-hybridized carbons (Fsp3) is 0.923. The topological polar surface area (TPSA) is 18.5 Å². The van der Waals surface area contributed by atoms with E-state index in [1.165, 1.54) is 32.1 Å². The van der Waals surface area contributed by atoms with Crippen molar-refractivity contribution in [2.24, 2.45) is 17.3 Å². The van der Waals surface area contributed by atoms with Gasteiger partial charge in [0.2, 0.25) is 0 Å². The minimum Gasteiger partial charge on any atom is -0.417 e. The van der Waals surface area contributed by atoms with Gasteiger partial charge in [-0.2, -0.15) is 0 Å². The smallest absolute Gasteiger partial charge is 0.192 e. The predicted octanol–water partition coefficient (Wildman–Crippen LogP) is 8.56. The molecule has 2 rings (SSSR count). The largest absolute Gasteiger partial charge is 0.417 e. The van der Waals surface area contributed by atoms with Gasteiger partial charge in [-0.3, -0.25) is 0 Å². The Morgan fingerprint density at radius 1 is 0.933 bits per heavy atom. The van der Waals surface area contributed by atoms with Crippen molar-refractivity contribution < 1.29 is 8.85 Å². The lowest BCUT2D eigenvalue weighted by Gasteiger charge is -2.43. The van der Waals surface area contributed by atoms with Gasteiger partial charge in [-0.1, -0.05) is 61.0 Å². The van der Waals surface area contributed by atoms with Crippen LogP contribution in [0.1, 0.15) is 87.5 Å². The molecule has 1 fully saturated rings. The maximum atomic E-state index is 6.67. The molecular formula is C26H52O2Si2. The maximum absolute atomic E-state index is 6.67. The SMILES string of the molecule is C[C@H](CO[Si](C)(C)C(C)(C)C)C1CCC2=C(CO[Si](C)(C)C(C)(C)C)CCC[C@@]21C. The van der Waals surface area contributed by atoms with E-state index in [4.69, 9.17) is 8.85 Å². The molecule has 0 heterocycles. The average molecular weight is 453 g/mol. The Morgan fingerprint density at radius 3 is 2.00 bits per heavy atom. The van der Waals surface area contributed by atoms with Gasteiger partial charge in [-0.25, -0.2) is 0 Å². The first-order chi connectivity index (χ1) is 13.4. The summed E-state index contributed by atoms with van der Waals surface area (Å²) < 4.78 is 13.3. The summed E-state index contributed by atoms with van der Waals surface area (Å²) in [6.07, 6.45) is 6.53.